The van der Waals surface area contributed by atoms with E-state index in [9.17, 15) is 4.79 Å². The molecule has 0 N–H and O–H groups in total. The maximum absolute atomic E-state index is 11.6. The Bertz CT molecular complexity index is 635. The molecule has 5 nitrogen and oxygen atoms in total. The molecule has 0 aliphatic rings. The Balaban J connectivity index is 2.14. The van der Waals surface area contributed by atoms with Gasteiger partial charge in [-0.3, -0.25) is 4.79 Å². The average molecular weight is 319 g/mol. The van der Waals surface area contributed by atoms with Crippen LogP contribution in [0.2, 0.25) is 0 Å². The van der Waals surface area contributed by atoms with Gasteiger partial charge < -0.3 is 9.30 Å². The summed E-state index contributed by atoms with van der Waals surface area (Å²) in [6.45, 7) is 8.52. The standard InChI is InChI=1S/C16H21N3O2S/c1-5-19-15(13-8-6-12(4)7-9-13)17-18-16(19)22-10-14(20)21-11(2)3/h6-9,11H,5,10H2,1-4H3. The zero-order valence-electron chi connectivity index (χ0n) is 13.4. The number of hydrogen-bond donors (Lipinski definition) is 0. The molecule has 0 atom stereocenters. The highest BCUT2D eigenvalue weighted by Crippen LogP contribution is 2.24. The summed E-state index contributed by atoms with van der Waals surface area (Å²) in [7, 11) is 0. The summed E-state index contributed by atoms with van der Waals surface area (Å²) in [6.07, 6.45) is -0.0970. The van der Waals surface area contributed by atoms with Crippen molar-refractivity contribution in [2.75, 3.05) is 5.75 Å². The smallest absolute Gasteiger partial charge is 0.316 e. The number of carbonyl (C=O) groups is 1. The summed E-state index contributed by atoms with van der Waals surface area (Å²) < 4.78 is 7.14. The zero-order chi connectivity index (χ0) is 16.1. The van der Waals surface area contributed by atoms with Gasteiger partial charge in [-0.1, -0.05) is 41.6 Å². The molecule has 0 radical (unpaired) electrons. The Kier molecular flexibility index (Phi) is 5.60. The van der Waals surface area contributed by atoms with Gasteiger partial charge in [0.1, 0.15) is 0 Å². The number of carbonyl (C=O) groups excluding carboxylic acids is 1. The van der Waals surface area contributed by atoms with Crippen molar-refractivity contribution in [2.45, 2.75) is 45.5 Å². The molecule has 2 aromatic rings. The fourth-order valence-corrected chi connectivity index (χ4v) is 2.80. The van der Waals surface area contributed by atoms with E-state index >= 15 is 0 Å². The minimum absolute atomic E-state index is 0.0970. The molecule has 0 aliphatic carbocycles. The van der Waals surface area contributed by atoms with E-state index in [4.69, 9.17) is 4.74 Å². The molecular formula is C16H21N3O2S. The molecule has 0 bridgehead atoms. The number of rotatable bonds is 6. The number of nitrogens with zero attached hydrogens (tertiary/aromatic N) is 3. The fourth-order valence-electron chi connectivity index (χ4n) is 2.02. The van der Waals surface area contributed by atoms with Crippen LogP contribution in [0.15, 0.2) is 29.4 Å². The molecule has 0 saturated carbocycles. The number of esters is 1. The molecule has 0 fully saturated rings. The molecular weight excluding hydrogens is 298 g/mol. The summed E-state index contributed by atoms with van der Waals surface area (Å²) in [6, 6.07) is 8.17. The molecule has 1 heterocycles. The quantitative estimate of drug-likeness (QED) is 0.604. The lowest BCUT2D eigenvalue weighted by Crippen LogP contribution is -2.13. The number of aryl methyl sites for hydroxylation is 1. The summed E-state index contributed by atoms with van der Waals surface area (Å²) >= 11 is 1.36. The van der Waals surface area contributed by atoms with Gasteiger partial charge in [0.25, 0.3) is 0 Å². The molecule has 22 heavy (non-hydrogen) atoms. The van der Waals surface area contributed by atoms with E-state index in [0.29, 0.717) is 0 Å². The maximum atomic E-state index is 11.6. The number of thioether (sulfide) groups is 1. The third kappa shape index (κ3) is 4.10. The molecule has 118 valence electrons. The van der Waals surface area contributed by atoms with Gasteiger partial charge in [-0.2, -0.15) is 0 Å². The van der Waals surface area contributed by atoms with E-state index < -0.39 is 0 Å². The number of hydrogen-bond acceptors (Lipinski definition) is 5. The molecule has 1 aromatic heterocycles. The summed E-state index contributed by atoms with van der Waals surface area (Å²) in [4.78, 5) is 11.6. The Hall–Kier alpha value is -1.82. The van der Waals surface area contributed by atoms with Crippen LogP contribution in [0.25, 0.3) is 11.4 Å². The van der Waals surface area contributed by atoms with Gasteiger partial charge in [0, 0.05) is 12.1 Å². The Morgan fingerprint density at radius 1 is 1.27 bits per heavy atom. The van der Waals surface area contributed by atoms with E-state index in [0.717, 1.165) is 23.1 Å². The lowest BCUT2D eigenvalue weighted by Gasteiger charge is -2.09. The molecule has 6 heteroatoms. The molecule has 0 spiro atoms. The van der Waals surface area contributed by atoms with E-state index in [2.05, 4.69) is 29.3 Å². The topological polar surface area (TPSA) is 57.0 Å². The van der Waals surface area contributed by atoms with Gasteiger partial charge in [0.05, 0.1) is 11.9 Å². The SMILES string of the molecule is CCn1c(SCC(=O)OC(C)C)nnc1-c1ccc(C)cc1. The first-order valence-corrected chi connectivity index (χ1v) is 8.32. The number of ether oxygens (including phenoxy) is 1. The second-order valence-corrected chi connectivity index (χ2v) is 6.19. The Morgan fingerprint density at radius 3 is 2.55 bits per heavy atom. The van der Waals surface area contributed by atoms with Crippen LogP contribution < -0.4 is 0 Å². The van der Waals surface area contributed by atoms with Crippen LogP contribution in [0, 0.1) is 6.92 Å². The van der Waals surface area contributed by atoms with Crippen molar-refractivity contribution in [3.8, 4) is 11.4 Å². The fraction of sp³-hybridized carbons (Fsp3) is 0.438. The van der Waals surface area contributed by atoms with E-state index in [1.54, 1.807) is 0 Å². The van der Waals surface area contributed by atoms with Crippen LogP contribution in [0.3, 0.4) is 0 Å². The minimum Gasteiger partial charge on any atom is -0.462 e. The van der Waals surface area contributed by atoms with E-state index in [1.165, 1.54) is 17.3 Å². The van der Waals surface area contributed by atoms with Gasteiger partial charge in [0.15, 0.2) is 11.0 Å². The molecule has 0 unspecified atom stereocenters. The molecule has 0 saturated heterocycles. The third-order valence-electron chi connectivity index (χ3n) is 3.03. The van der Waals surface area contributed by atoms with Crippen molar-refractivity contribution >= 4 is 17.7 Å². The normalized spacial score (nSPS) is 11.0. The highest BCUT2D eigenvalue weighted by molar-refractivity contribution is 7.99. The second kappa shape index (κ2) is 7.45. The summed E-state index contributed by atoms with van der Waals surface area (Å²) in [5.41, 5.74) is 2.23. The predicted molar refractivity (Wildman–Crippen MR) is 87.8 cm³/mol. The van der Waals surface area contributed by atoms with Crippen molar-refractivity contribution < 1.29 is 9.53 Å². The van der Waals surface area contributed by atoms with Crippen LogP contribution >= 0.6 is 11.8 Å². The lowest BCUT2D eigenvalue weighted by atomic mass is 10.1. The summed E-state index contributed by atoms with van der Waals surface area (Å²) in [5.74, 6) is 0.828. The third-order valence-corrected chi connectivity index (χ3v) is 3.97. The van der Waals surface area contributed by atoms with Crippen molar-refractivity contribution in [1.29, 1.82) is 0 Å². The summed E-state index contributed by atoms with van der Waals surface area (Å²) in [5, 5.41) is 9.21. The molecule has 0 amide bonds. The van der Waals surface area contributed by atoms with Crippen molar-refractivity contribution in [3.05, 3.63) is 29.8 Å². The van der Waals surface area contributed by atoms with Crippen LogP contribution in [-0.4, -0.2) is 32.6 Å². The Labute approximate surface area is 135 Å². The van der Waals surface area contributed by atoms with Gasteiger partial charge in [-0.05, 0) is 27.7 Å². The van der Waals surface area contributed by atoms with Crippen LogP contribution in [0.1, 0.15) is 26.3 Å². The van der Waals surface area contributed by atoms with Crippen molar-refractivity contribution in [1.82, 2.24) is 14.8 Å². The minimum atomic E-state index is -0.234. The van der Waals surface area contributed by atoms with E-state index in [1.807, 2.05) is 37.5 Å². The van der Waals surface area contributed by atoms with Crippen molar-refractivity contribution in [2.24, 2.45) is 0 Å². The Morgan fingerprint density at radius 2 is 1.95 bits per heavy atom. The van der Waals surface area contributed by atoms with Gasteiger partial charge in [-0.15, -0.1) is 10.2 Å². The number of benzene rings is 1. The van der Waals surface area contributed by atoms with Crippen LogP contribution in [0.5, 0.6) is 0 Å². The van der Waals surface area contributed by atoms with Gasteiger partial charge in [-0.25, -0.2) is 0 Å². The van der Waals surface area contributed by atoms with Crippen LogP contribution in [-0.2, 0) is 16.1 Å². The number of aromatic nitrogens is 3. The van der Waals surface area contributed by atoms with Gasteiger partial charge >= 0.3 is 5.97 Å². The van der Waals surface area contributed by atoms with E-state index in [-0.39, 0.29) is 17.8 Å². The molecule has 2 rings (SSSR count). The largest absolute Gasteiger partial charge is 0.462 e. The molecule has 1 aromatic carbocycles. The van der Waals surface area contributed by atoms with Crippen LogP contribution in [0.4, 0.5) is 0 Å². The van der Waals surface area contributed by atoms with Crippen molar-refractivity contribution in [3.63, 3.8) is 0 Å². The lowest BCUT2D eigenvalue weighted by molar-refractivity contribution is -0.144. The first-order chi connectivity index (χ1) is 10.5. The molecule has 0 aliphatic heterocycles. The monoisotopic (exact) mass is 319 g/mol. The maximum Gasteiger partial charge on any atom is 0.316 e. The zero-order valence-corrected chi connectivity index (χ0v) is 14.2. The second-order valence-electron chi connectivity index (χ2n) is 5.24. The highest BCUT2D eigenvalue weighted by Gasteiger charge is 2.15. The predicted octanol–water partition coefficient (Wildman–Crippen LogP) is 3.32. The first kappa shape index (κ1) is 16.5. The average Bonchev–Trinajstić information content (AvgIpc) is 2.88. The van der Waals surface area contributed by atoms with Gasteiger partial charge in [0.2, 0.25) is 0 Å². The first-order valence-electron chi connectivity index (χ1n) is 7.33. The highest BCUT2D eigenvalue weighted by atomic mass is 32.2.